The van der Waals surface area contributed by atoms with E-state index in [0.29, 0.717) is 11.5 Å². The molecule has 2 aromatic rings. The number of benzene rings is 2. The van der Waals surface area contributed by atoms with Gasteiger partial charge in [0.1, 0.15) is 11.5 Å². The minimum atomic E-state index is -0.590. The van der Waals surface area contributed by atoms with Crippen LogP contribution < -0.4 is 9.47 Å². The van der Waals surface area contributed by atoms with Crippen molar-refractivity contribution in [3.8, 4) is 11.5 Å². The third-order valence-electron chi connectivity index (χ3n) is 2.57. The summed E-state index contributed by atoms with van der Waals surface area (Å²) in [5, 5.41) is 10.5. The van der Waals surface area contributed by atoms with Gasteiger partial charge >= 0.3 is 5.97 Å². The number of methoxy groups -OCH3 is 1. The van der Waals surface area contributed by atoms with Crippen molar-refractivity contribution in [3.63, 3.8) is 0 Å². The van der Waals surface area contributed by atoms with E-state index in [-0.39, 0.29) is 11.3 Å². The molecule has 0 saturated carbocycles. The average Bonchev–Trinajstić information content (AvgIpc) is 2.47. The van der Waals surface area contributed by atoms with Gasteiger partial charge < -0.3 is 9.47 Å². The molecule has 0 saturated heterocycles. The molecule has 0 aliphatic rings. The van der Waals surface area contributed by atoms with Crippen LogP contribution in [0.15, 0.2) is 48.5 Å². The molecule has 0 fully saturated rings. The highest BCUT2D eigenvalue weighted by molar-refractivity contribution is 5.91. The predicted octanol–water partition coefficient (Wildman–Crippen LogP) is 2.82. The van der Waals surface area contributed by atoms with Crippen LogP contribution in [0.2, 0.25) is 0 Å². The van der Waals surface area contributed by atoms with Crippen LogP contribution in [-0.2, 0) is 0 Å². The molecule has 0 aromatic heterocycles. The third-order valence-corrected chi connectivity index (χ3v) is 2.57. The second-order valence-electron chi connectivity index (χ2n) is 3.87. The highest BCUT2D eigenvalue weighted by atomic mass is 16.6. The summed E-state index contributed by atoms with van der Waals surface area (Å²) in [4.78, 5) is 21.9. The molecule has 6 heteroatoms. The molecule has 6 nitrogen and oxygen atoms in total. The van der Waals surface area contributed by atoms with E-state index in [1.807, 2.05) is 0 Å². The number of nitrogens with zero attached hydrogens (tertiary/aromatic N) is 1. The summed E-state index contributed by atoms with van der Waals surface area (Å²) < 4.78 is 10.2. The number of nitro benzene ring substituents is 1. The van der Waals surface area contributed by atoms with Gasteiger partial charge in [0.15, 0.2) is 0 Å². The maximum atomic E-state index is 11.9. The van der Waals surface area contributed by atoms with Crippen LogP contribution >= 0.6 is 0 Å². The number of nitro groups is 1. The van der Waals surface area contributed by atoms with E-state index in [2.05, 4.69) is 0 Å². The van der Waals surface area contributed by atoms with Gasteiger partial charge in [-0.2, -0.15) is 0 Å². The summed E-state index contributed by atoms with van der Waals surface area (Å²) in [6.07, 6.45) is 0. The molecule has 0 amide bonds. The van der Waals surface area contributed by atoms with Crippen molar-refractivity contribution in [3.05, 3.63) is 64.2 Å². The molecule has 102 valence electrons. The van der Waals surface area contributed by atoms with Gasteiger partial charge in [0.2, 0.25) is 0 Å². The van der Waals surface area contributed by atoms with Gasteiger partial charge in [0.25, 0.3) is 5.69 Å². The van der Waals surface area contributed by atoms with Crippen molar-refractivity contribution in [1.29, 1.82) is 0 Å². The summed E-state index contributed by atoms with van der Waals surface area (Å²) in [6.45, 7) is 0. The zero-order valence-corrected chi connectivity index (χ0v) is 10.6. The monoisotopic (exact) mass is 273 g/mol. The van der Waals surface area contributed by atoms with Crippen LogP contribution in [0.1, 0.15) is 10.4 Å². The average molecular weight is 273 g/mol. The van der Waals surface area contributed by atoms with Crippen LogP contribution in [-0.4, -0.2) is 18.0 Å². The Morgan fingerprint density at radius 1 is 1.10 bits per heavy atom. The number of rotatable bonds is 4. The largest absolute Gasteiger partial charge is 0.497 e. The molecule has 0 radical (unpaired) electrons. The lowest BCUT2D eigenvalue weighted by Crippen LogP contribution is -2.08. The van der Waals surface area contributed by atoms with Crippen molar-refractivity contribution < 1.29 is 19.2 Å². The van der Waals surface area contributed by atoms with Gasteiger partial charge in [-0.25, -0.2) is 4.79 Å². The Morgan fingerprint density at radius 2 is 1.75 bits per heavy atom. The Kier molecular flexibility index (Phi) is 3.95. The summed E-state index contributed by atoms with van der Waals surface area (Å²) >= 11 is 0. The molecule has 0 aliphatic carbocycles. The topological polar surface area (TPSA) is 78.7 Å². The Hall–Kier alpha value is -2.89. The maximum Gasteiger partial charge on any atom is 0.343 e. The molecule has 0 heterocycles. The number of hydrogen-bond acceptors (Lipinski definition) is 5. The van der Waals surface area contributed by atoms with Crippen molar-refractivity contribution >= 4 is 11.7 Å². The van der Waals surface area contributed by atoms with E-state index in [1.54, 1.807) is 24.3 Å². The normalized spacial score (nSPS) is 9.85. The van der Waals surface area contributed by atoms with Gasteiger partial charge in [0, 0.05) is 18.2 Å². The third kappa shape index (κ3) is 3.11. The second kappa shape index (κ2) is 5.83. The number of non-ortho nitro benzene ring substituents is 1. The highest BCUT2D eigenvalue weighted by Gasteiger charge is 2.11. The van der Waals surface area contributed by atoms with E-state index in [0.717, 1.165) is 0 Å². The van der Waals surface area contributed by atoms with Crippen LogP contribution in [0.4, 0.5) is 5.69 Å². The molecule has 0 bridgehead atoms. The number of carbonyl (C=O) groups excluding carboxylic acids is 1. The quantitative estimate of drug-likeness (QED) is 0.370. The fraction of sp³-hybridized carbons (Fsp3) is 0.0714. The number of hydrogen-bond donors (Lipinski definition) is 0. The molecule has 0 N–H and O–H groups in total. The van der Waals surface area contributed by atoms with Crippen molar-refractivity contribution in [2.45, 2.75) is 0 Å². The minimum Gasteiger partial charge on any atom is -0.497 e. The second-order valence-corrected chi connectivity index (χ2v) is 3.87. The Morgan fingerprint density at radius 3 is 2.35 bits per heavy atom. The Labute approximate surface area is 114 Å². The van der Waals surface area contributed by atoms with Crippen molar-refractivity contribution in [2.75, 3.05) is 7.11 Å². The van der Waals surface area contributed by atoms with Gasteiger partial charge in [-0.1, -0.05) is 6.07 Å². The van der Waals surface area contributed by atoms with Crippen LogP contribution in [0, 0.1) is 10.1 Å². The van der Waals surface area contributed by atoms with Crippen LogP contribution in [0.25, 0.3) is 0 Å². The van der Waals surface area contributed by atoms with E-state index in [9.17, 15) is 14.9 Å². The number of esters is 1. The smallest absolute Gasteiger partial charge is 0.343 e. The first-order valence-electron chi connectivity index (χ1n) is 5.71. The van der Waals surface area contributed by atoms with Crippen molar-refractivity contribution in [2.24, 2.45) is 0 Å². The van der Waals surface area contributed by atoms with Crippen LogP contribution in [0.3, 0.4) is 0 Å². The van der Waals surface area contributed by atoms with E-state index < -0.39 is 10.9 Å². The molecule has 0 atom stereocenters. The summed E-state index contributed by atoms with van der Waals surface area (Å²) in [5.74, 6) is 0.319. The molecule has 20 heavy (non-hydrogen) atoms. The maximum absolute atomic E-state index is 11.9. The fourth-order valence-corrected chi connectivity index (χ4v) is 1.55. The highest BCUT2D eigenvalue weighted by Crippen LogP contribution is 2.20. The fourth-order valence-electron chi connectivity index (χ4n) is 1.55. The number of ether oxygens (including phenoxy) is 2. The molecule has 2 rings (SSSR count). The Balaban J connectivity index is 2.13. The number of carbonyl (C=O) groups is 1. The zero-order chi connectivity index (χ0) is 14.5. The standard InChI is InChI=1S/C14H11NO5/c1-19-12-3-2-4-13(9-12)20-14(16)10-5-7-11(8-6-10)15(17)18/h2-9H,1H3. The first kappa shape index (κ1) is 13.5. The van der Waals surface area contributed by atoms with Gasteiger partial charge in [-0.3, -0.25) is 10.1 Å². The Bertz CT molecular complexity index is 636. The summed E-state index contributed by atoms with van der Waals surface area (Å²) in [6, 6.07) is 11.8. The van der Waals surface area contributed by atoms with Gasteiger partial charge in [-0.05, 0) is 24.3 Å². The molecule has 0 spiro atoms. The molecule has 0 unspecified atom stereocenters. The summed E-state index contributed by atoms with van der Waals surface area (Å²) in [5.41, 5.74) is 0.154. The van der Waals surface area contributed by atoms with E-state index in [4.69, 9.17) is 9.47 Å². The summed E-state index contributed by atoms with van der Waals surface area (Å²) in [7, 11) is 1.51. The predicted molar refractivity (Wildman–Crippen MR) is 71.0 cm³/mol. The molecule has 2 aromatic carbocycles. The van der Waals surface area contributed by atoms with Gasteiger partial charge in [-0.15, -0.1) is 0 Å². The van der Waals surface area contributed by atoms with Crippen LogP contribution in [0.5, 0.6) is 11.5 Å². The van der Waals surface area contributed by atoms with Crippen molar-refractivity contribution in [1.82, 2.24) is 0 Å². The molecule has 0 aliphatic heterocycles. The lowest BCUT2D eigenvalue weighted by molar-refractivity contribution is -0.384. The minimum absolute atomic E-state index is 0.0806. The lowest BCUT2D eigenvalue weighted by Gasteiger charge is -2.05. The van der Waals surface area contributed by atoms with E-state index in [1.165, 1.54) is 31.4 Å². The van der Waals surface area contributed by atoms with E-state index >= 15 is 0 Å². The molecular formula is C14H11NO5. The first-order chi connectivity index (χ1) is 9.60. The SMILES string of the molecule is COc1cccc(OC(=O)c2ccc([N+](=O)[O-])cc2)c1. The zero-order valence-electron chi connectivity index (χ0n) is 10.6. The lowest BCUT2D eigenvalue weighted by atomic mass is 10.2. The first-order valence-corrected chi connectivity index (χ1v) is 5.71. The molecular weight excluding hydrogens is 262 g/mol. The van der Waals surface area contributed by atoms with Gasteiger partial charge in [0.05, 0.1) is 17.6 Å².